The average molecular weight is 621 g/mol. The molecule has 0 atom stereocenters. The van der Waals surface area contributed by atoms with E-state index in [-0.39, 0.29) is 36.0 Å². The van der Waals surface area contributed by atoms with Crippen molar-refractivity contribution in [2.75, 3.05) is 7.11 Å². The van der Waals surface area contributed by atoms with Crippen LogP contribution in [-0.4, -0.2) is 42.2 Å². The number of benzene rings is 3. The predicted octanol–water partition coefficient (Wildman–Crippen LogP) is 5.17. The van der Waals surface area contributed by atoms with E-state index in [0.29, 0.717) is 11.5 Å². The molecule has 0 saturated heterocycles. The Morgan fingerprint density at radius 3 is 1.54 bits per heavy atom. The number of carbonyl (C=O) groups is 6. The minimum atomic E-state index is -0.988. The molecular weight excluding hydrogens is 588 g/mol. The number of methoxy groups -OCH3 is 1. The lowest BCUT2D eigenvalue weighted by atomic mass is 9.99. The second-order valence-electron chi connectivity index (χ2n) is 11.1. The predicted molar refractivity (Wildman–Crippen MR) is 167 cm³/mol. The fourth-order valence-corrected chi connectivity index (χ4v) is 5.37. The van der Waals surface area contributed by atoms with Crippen molar-refractivity contribution in [3.05, 3.63) is 102 Å². The molecule has 0 aliphatic heterocycles. The van der Waals surface area contributed by atoms with Gasteiger partial charge in [-0.2, -0.15) is 0 Å². The lowest BCUT2D eigenvalue weighted by molar-refractivity contribution is -0.140. The number of allylic oxidation sites excluding steroid dienone is 4. The molecule has 234 valence electrons. The zero-order chi connectivity index (χ0) is 32.6. The van der Waals surface area contributed by atoms with Crippen molar-refractivity contribution in [1.29, 1.82) is 0 Å². The summed E-state index contributed by atoms with van der Waals surface area (Å²) in [6, 6.07) is 20.2. The topological polar surface area (TPSA) is 130 Å². The molecule has 3 aromatic carbocycles. The summed E-state index contributed by atoms with van der Waals surface area (Å²) in [5.74, 6) is -3.24. The van der Waals surface area contributed by atoms with Gasteiger partial charge < -0.3 is 14.2 Å². The van der Waals surface area contributed by atoms with Gasteiger partial charge in [-0.25, -0.2) is 0 Å². The molecule has 9 nitrogen and oxygen atoms in total. The number of unbranched alkanes of at least 4 members (excludes halogenated alkanes) is 1. The summed E-state index contributed by atoms with van der Waals surface area (Å²) < 4.78 is 16.3. The molecule has 2 aliphatic rings. The summed E-state index contributed by atoms with van der Waals surface area (Å²) in [5, 5.41) is 0. The van der Waals surface area contributed by atoms with Crippen LogP contribution in [0.2, 0.25) is 0 Å². The van der Waals surface area contributed by atoms with E-state index in [4.69, 9.17) is 14.2 Å². The van der Waals surface area contributed by atoms with Crippen LogP contribution in [0.1, 0.15) is 36.8 Å². The molecule has 0 amide bonds. The van der Waals surface area contributed by atoms with Gasteiger partial charge in [-0.3, -0.25) is 28.8 Å². The molecular formula is C37H32O9. The maximum atomic E-state index is 12.2. The first kappa shape index (κ1) is 32.0. The Labute approximate surface area is 265 Å². The van der Waals surface area contributed by atoms with Crippen LogP contribution in [0.5, 0.6) is 17.2 Å². The lowest BCUT2D eigenvalue weighted by Crippen LogP contribution is -2.22. The molecule has 0 fully saturated rings. The molecule has 0 saturated carbocycles. The summed E-state index contributed by atoms with van der Waals surface area (Å²) in [4.78, 5) is 71.2. The van der Waals surface area contributed by atoms with Crippen LogP contribution >= 0.6 is 0 Å². The van der Waals surface area contributed by atoms with E-state index < -0.39 is 23.8 Å². The van der Waals surface area contributed by atoms with Gasteiger partial charge in [0, 0.05) is 0 Å². The largest absolute Gasteiger partial charge is 0.496 e. The van der Waals surface area contributed by atoms with E-state index in [1.54, 1.807) is 31.4 Å². The Kier molecular flexibility index (Phi) is 10.1. The van der Waals surface area contributed by atoms with E-state index >= 15 is 0 Å². The maximum absolute atomic E-state index is 12.2. The van der Waals surface area contributed by atoms with E-state index in [1.807, 2.05) is 42.5 Å². The van der Waals surface area contributed by atoms with Crippen LogP contribution in [0, 0.1) is 11.8 Å². The Balaban J connectivity index is 1.07. The molecule has 0 aromatic heterocycles. The number of carbonyl (C=O) groups excluding carboxylic acids is 6. The van der Waals surface area contributed by atoms with Crippen molar-refractivity contribution < 1.29 is 43.0 Å². The Hall–Kier alpha value is -5.44. The normalized spacial score (nSPS) is 14.7. The summed E-state index contributed by atoms with van der Waals surface area (Å²) in [7, 11) is 1.63. The highest BCUT2D eigenvalue weighted by Crippen LogP contribution is 2.30. The van der Waals surface area contributed by atoms with Crippen LogP contribution in [-0.2, 0) is 41.6 Å². The molecule has 0 N–H and O–H groups in total. The van der Waals surface area contributed by atoms with Crippen molar-refractivity contribution >= 4 is 35.1 Å². The fraction of sp³-hybridized carbons (Fsp3) is 0.243. The van der Waals surface area contributed by atoms with Crippen molar-refractivity contribution in [2.45, 2.75) is 38.5 Å². The monoisotopic (exact) mass is 620 g/mol. The number of aryl methyl sites for hydroxylation is 2. The minimum absolute atomic E-state index is 0.269. The second-order valence-corrected chi connectivity index (χ2v) is 11.1. The van der Waals surface area contributed by atoms with E-state index in [9.17, 15) is 28.8 Å². The third kappa shape index (κ3) is 7.98. The summed E-state index contributed by atoms with van der Waals surface area (Å²) in [6.07, 6.45) is 7.73. The van der Waals surface area contributed by atoms with Gasteiger partial charge in [0.05, 0.1) is 31.8 Å². The summed E-state index contributed by atoms with van der Waals surface area (Å²) in [6.45, 7) is 0. The smallest absolute Gasteiger partial charge is 0.312 e. The zero-order valence-electron chi connectivity index (χ0n) is 25.2. The van der Waals surface area contributed by atoms with Gasteiger partial charge >= 0.3 is 11.9 Å². The summed E-state index contributed by atoms with van der Waals surface area (Å²) in [5.41, 5.74) is 4.02. The fourth-order valence-electron chi connectivity index (χ4n) is 5.37. The molecule has 0 spiro atoms. The third-order valence-electron chi connectivity index (χ3n) is 7.96. The first-order valence-corrected chi connectivity index (χ1v) is 15.0. The van der Waals surface area contributed by atoms with Gasteiger partial charge in [0.2, 0.25) is 0 Å². The molecule has 9 heteroatoms. The molecule has 0 heterocycles. The highest BCUT2D eigenvalue weighted by Gasteiger charge is 2.32. The van der Waals surface area contributed by atoms with E-state index in [1.165, 1.54) is 24.3 Å². The lowest BCUT2D eigenvalue weighted by Gasteiger charge is -2.12. The quantitative estimate of drug-likeness (QED) is 0.110. The Morgan fingerprint density at radius 1 is 0.587 bits per heavy atom. The van der Waals surface area contributed by atoms with E-state index in [0.717, 1.165) is 53.7 Å². The van der Waals surface area contributed by atoms with Gasteiger partial charge in [-0.05, 0) is 103 Å². The standard InChI is InChI=1S/C37H32O9/c1-44-35-20-26(24-10-14-28(15-11-24)46-37(43)22-30-33(40)18-19-34(30)41)9-8-25(35)5-3-2-4-23-6-12-27(13-7-23)45-36(42)21-29-31(38)16-17-32(29)39/h6-20,29-30H,2-5,21-22H2,1H3. The second kappa shape index (κ2) is 14.6. The molecule has 0 unspecified atom stereocenters. The number of hydrogen-bond donors (Lipinski definition) is 0. The molecule has 0 bridgehead atoms. The van der Waals surface area contributed by atoms with Gasteiger partial charge in [0.1, 0.15) is 17.2 Å². The Morgan fingerprint density at radius 2 is 1.04 bits per heavy atom. The van der Waals surface area contributed by atoms with Gasteiger partial charge in [0.15, 0.2) is 23.1 Å². The zero-order valence-corrected chi connectivity index (χ0v) is 25.2. The molecule has 3 aromatic rings. The van der Waals surface area contributed by atoms with E-state index in [2.05, 4.69) is 0 Å². The van der Waals surface area contributed by atoms with Crippen LogP contribution in [0.4, 0.5) is 0 Å². The highest BCUT2D eigenvalue weighted by atomic mass is 16.5. The third-order valence-corrected chi connectivity index (χ3v) is 7.96. The van der Waals surface area contributed by atoms with Crippen LogP contribution < -0.4 is 14.2 Å². The highest BCUT2D eigenvalue weighted by molar-refractivity contribution is 6.20. The first-order valence-electron chi connectivity index (χ1n) is 15.0. The first-order chi connectivity index (χ1) is 22.2. The van der Waals surface area contributed by atoms with Crippen molar-refractivity contribution in [1.82, 2.24) is 0 Å². The van der Waals surface area contributed by atoms with Crippen LogP contribution in [0.25, 0.3) is 11.1 Å². The SMILES string of the molecule is COc1cc(-c2ccc(OC(=O)CC3C(=O)C=CC3=O)cc2)ccc1CCCCc1ccc(OC(=O)CC2C(=O)C=CC2=O)cc1. The van der Waals surface area contributed by atoms with Gasteiger partial charge in [0.25, 0.3) is 0 Å². The maximum Gasteiger partial charge on any atom is 0.312 e. The summed E-state index contributed by atoms with van der Waals surface area (Å²) >= 11 is 0. The Bertz CT molecular complexity index is 1690. The number of ether oxygens (including phenoxy) is 3. The molecule has 46 heavy (non-hydrogen) atoms. The minimum Gasteiger partial charge on any atom is -0.496 e. The number of hydrogen-bond acceptors (Lipinski definition) is 9. The average Bonchev–Trinajstić information content (AvgIpc) is 3.54. The molecule has 5 rings (SSSR count). The van der Waals surface area contributed by atoms with Gasteiger partial charge in [-0.1, -0.05) is 36.4 Å². The van der Waals surface area contributed by atoms with Crippen molar-refractivity contribution in [3.63, 3.8) is 0 Å². The number of esters is 2. The van der Waals surface area contributed by atoms with Crippen molar-refractivity contribution in [3.8, 4) is 28.4 Å². The number of ketones is 4. The van der Waals surface area contributed by atoms with Crippen molar-refractivity contribution in [2.24, 2.45) is 11.8 Å². The van der Waals surface area contributed by atoms with Crippen LogP contribution in [0.15, 0.2) is 91.0 Å². The van der Waals surface area contributed by atoms with Crippen LogP contribution in [0.3, 0.4) is 0 Å². The van der Waals surface area contributed by atoms with Gasteiger partial charge in [-0.15, -0.1) is 0 Å². The molecule has 0 radical (unpaired) electrons. The molecule has 2 aliphatic carbocycles. The number of rotatable bonds is 13.